The van der Waals surface area contributed by atoms with E-state index in [-0.39, 0.29) is 17.0 Å². The zero-order chi connectivity index (χ0) is 24.0. The first-order valence-corrected chi connectivity index (χ1v) is 12.9. The molecule has 6 rings (SSSR count). The van der Waals surface area contributed by atoms with Crippen LogP contribution in [0.4, 0.5) is 0 Å². The summed E-state index contributed by atoms with van der Waals surface area (Å²) < 4.78 is 5.60. The van der Waals surface area contributed by atoms with E-state index in [1.807, 2.05) is 12.1 Å². The zero-order valence-electron chi connectivity index (χ0n) is 20.8. The lowest BCUT2D eigenvalue weighted by Gasteiger charge is -2.56. The average molecular weight is 467 g/mol. The van der Waals surface area contributed by atoms with Crippen molar-refractivity contribution in [2.45, 2.75) is 56.0 Å². The minimum absolute atomic E-state index is 0.0397. The van der Waals surface area contributed by atoms with Crippen LogP contribution in [0.1, 0.15) is 59.3 Å². The largest absolute Gasteiger partial charge is 0.459 e. The Morgan fingerprint density at radius 3 is 2.40 bits per heavy atom. The van der Waals surface area contributed by atoms with Gasteiger partial charge in [-0.2, -0.15) is 0 Å². The van der Waals surface area contributed by atoms with Crippen molar-refractivity contribution in [3.63, 3.8) is 0 Å². The molecule has 180 valence electrons. The molecule has 0 atom stereocenters. The van der Waals surface area contributed by atoms with E-state index in [4.69, 9.17) is 4.42 Å². The first-order valence-electron chi connectivity index (χ1n) is 12.9. The first kappa shape index (κ1) is 22.4. The van der Waals surface area contributed by atoms with Gasteiger partial charge in [0.1, 0.15) is 0 Å². The highest BCUT2D eigenvalue weighted by atomic mass is 16.3. The lowest BCUT2D eigenvalue weighted by atomic mass is 9.64. The van der Waals surface area contributed by atoms with Crippen molar-refractivity contribution in [2.24, 2.45) is 0 Å². The molecule has 0 bridgehead atoms. The number of furan rings is 1. The third-order valence-corrected chi connectivity index (χ3v) is 9.05. The molecule has 2 heterocycles. The Hall–Kier alpha value is -3.11. The molecule has 2 aromatic carbocycles. The van der Waals surface area contributed by atoms with Crippen LogP contribution in [-0.4, -0.2) is 47.4 Å². The van der Waals surface area contributed by atoms with Crippen molar-refractivity contribution < 1.29 is 9.21 Å². The topological polar surface area (TPSA) is 36.7 Å². The van der Waals surface area contributed by atoms with Gasteiger partial charge < -0.3 is 14.2 Å². The molecule has 3 aromatic rings. The second-order valence-electron chi connectivity index (χ2n) is 10.8. The molecular weight excluding hydrogens is 432 g/mol. The summed E-state index contributed by atoms with van der Waals surface area (Å²) in [6.45, 7) is 0.750. The van der Waals surface area contributed by atoms with Gasteiger partial charge >= 0.3 is 0 Å². The molecule has 0 unspecified atom stereocenters. The van der Waals surface area contributed by atoms with Crippen LogP contribution >= 0.6 is 0 Å². The van der Waals surface area contributed by atoms with Gasteiger partial charge in [0, 0.05) is 12.1 Å². The summed E-state index contributed by atoms with van der Waals surface area (Å²) in [5, 5.41) is 0. The number of hydrogen-bond acceptors (Lipinski definition) is 3. The normalized spacial score (nSPS) is 25.7. The lowest BCUT2D eigenvalue weighted by molar-refractivity contribution is 0.00732. The maximum Gasteiger partial charge on any atom is 0.290 e. The monoisotopic (exact) mass is 466 g/mol. The highest BCUT2D eigenvalue weighted by Gasteiger charge is 2.53. The van der Waals surface area contributed by atoms with Crippen molar-refractivity contribution in [1.82, 2.24) is 9.80 Å². The molecule has 1 amide bonds. The maximum atomic E-state index is 13.8. The van der Waals surface area contributed by atoms with E-state index in [1.54, 1.807) is 6.26 Å². The predicted molar refractivity (Wildman–Crippen MR) is 139 cm³/mol. The molecule has 0 N–H and O–H groups in total. The van der Waals surface area contributed by atoms with Crippen molar-refractivity contribution >= 4 is 11.5 Å². The Bertz CT molecular complexity index is 1250. The van der Waals surface area contributed by atoms with Crippen LogP contribution in [0, 0.1) is 0 Å². The molecule has 35 heavy (non-hydrogen) atoms. The number of rotatable bonds is 4. The molecule has 1 aliphatic heterocycles. The summed E-state index contributed by atoms with van der Waals surface area (Å²) in [7, 11) is 4.45. The van der Waals surface area contributed by atoms with Gasteiger partial charge in [0.15, 0.2) is 5.76 Å². The van der Waals surface area contributed by atoms with Gasteiger partial charge in [-0.3, -0.25) is 4.79 Å². The predicted octanol–water partition coefficient (Wildman–Crippen LogP) is 5.99. The fraction of sp³-hybridized carbons (Fsp3) is 0.387. The summed E-state index contributed by atoms with van der Waals surface area (Å²) >= 11 is 0. The molecule has 3 aliphatic rings. The third-order valence-electron chi connectivity index (χ3n) is 9.05. The SMILES string of the molecule is CN(C)C1(Cc2ccccc2)CCC2(CC1)C1=C(CCN2C(=O)c2ccco2)c2ccccc2C1. The van der Waals surface area contributed by atoms with Gasteiger partial charge in [-0.05, 0) is 99.0 Å². The second kappa shape index (κ2) is 8.53. The number of carbonyl (C=O) groups excluding carboxylic acids is 1. The van der Waals surface area contributed by atoms with Crippen molar-refractivity contribution in [3.8, 4) is 0 Å². The quantitative estimate of drug-likeness (QED) is 0.474. The van der Waals surface area contributed by atoms with Crippen LogP contribution < -0.4 is 0 Å². The van der Waals surface area contributed by atoms with Crippen molar-refractivity contribution in [3.05, 3.63) is 101 Å². The number of benzene rings is 2. The van der Waals surface area contributed by atoms with Gasteiger partial charge in [0.2, 0.25) is 0 Å². The number of fused-ring (bicyclic) bond motifs is 3. The van der Waals surface area contributed by atoms with E-state index in [9.17, 15) is 4.79 Å². The number of hydrogen-bond donors (Lipinski definition) is 0. The first-order chi connectivity index (χ1) is 17.0. The van der Waals surface area contributed by atoms with E-state index >= 15 is 0 Å². The Morgan fingerprint density at radius 2 is 1.69 bits per heavy atom. The van der Waals surface area contributed by atoms with Gasteiger partial charge in [0.05, 0.1) is 11.8 Å². The van der Waals surface area contributed by atoms with Crippen LogP contribution in [-0.2, 0) is 12.8 Å². The fourth-order valence-electron chi connectivity index (χ4n) is 7.05. The summed E-state index contributed by atoms with van der Waals surface area (Å²) in [5.41, 5.74) is 7.03. The molecule has 1 spiro atoms. The van der Waals surface area contributed by atoms with Gasteiger partial charge in [-0.15, -0.1) is 0 Å². The van der Waals surface area contributed by atoms with E-state index in [1.165, 1.54) is 27.8 Å². The summed E-state index contributed by atoms with van der Waals surface area (Å²) in [6.07, 6.45) is 8.61. The van der Waals surface area contributed by atoms with Gasteiger partial charge in [-0.25, -0.2) is 0 Å². The molecule has 2 aliphatic carbocycles. The Kier molecular flexibility index (Phi) is 5.45. The minimum atomic E-state index is -0.243. The lowest BCUT2D eigenvalue weighted by Crippen LogP contribution is -2.61. The summed E-state index contributed by atoms with van der Waals surface area (Å²) in [5.74, 6) is 0.496. The van der Waals surface area contributed by atoms with E-state index in [0.29, 0.717) is 5.76 Å². The summed E-state index contributed by atoms with van der Waals surface area (Å²) in [6, 6.07) is 23.3. The van der Waals surface area contributed by atoms with Crippen LogP contribution in [0.3, 0.4) is 0 Å². The standard InChI is InChI=1S/C31H34N2O2/c1-32(2)30(22-23-9-4-3-5-10-23)15-17-31(18-16-30)27-21-24-11-6-7-12-25(24)26(27)14-19-33(31)29(34)28-13-8-20-35-28/h3-13,20H,14-19,21-22H2,1-2H3. The zero-order valence-corrected chi connectivity index (χ0v) is 20.8. The number of nitrogens with zero attached hydrogens (tertiary/aromatic N) is 2. The molecule has 1 fully saturated rings. The number of amides is 1. The van der Waals surface area contributed by atoms with Crippen LogP contribution in [0.5, 0.6) is 0 Å². The van der Waals surface area contributed by atoms with E-state index in [0.717, 1.165) is 51.5 Å². The molecule has 4 heteroatoms. The van der Waals surface area contributed by atoms with Gasteiger partial charge in [-0.1, -0.05) is 54.6 Å². The second-order valence-corrected chi connectivity index (χ2v) is 10.8. The smallest absolute Gasteiger partial charge is 0.290 e. The average Bonchev–Trinajstić information content (AvgIpc) is 3.55. The summed E-state index contributed by atoms with van der Waals surface area (Å²) in [4.78, 5) is 18.4. The molecular formula is C31H34N2O2. The molecule has 0 radical (unpaired) electrons. The Morgan fingerprint density at radius 1 is 0.943 bits per heavy atom. The van der Waals surface area contributed by atoms with Crippen molar-refractivity contribution in [2.75, 3.05) is 20.6 Å². The van der Waals surface area contributed by atoms with Crippen LogP contribution in [0.25, 0.3) is 5.57 Å². The number of likely N-dealkylation sites (N-methyl/N-ethyl adjacent to an activating group) is 1. The minimum Gasteiger partial charge on any atom is -0.459 e. The Labute approximate surface area is 208 Å². The highest BCUT2D eigenvalue weighted by Crippen LogP contribution is 2.54. The van der Waals surface area contributed by atoms with E-state index in [2.05, 4.69) is 78.5 Å². The molecule has 0 saturated heterocycles. The molecule has 1 saturated carbocycles. The number of carbonyl (C=O) groups is 1. The van der Waals surface area contributed by atoms with Crippen molar-refractivity contribution in [1.29, 1.82) is 0 Å². The van der Waals surface area contributed by atoms with Crippen LogP contribution in [0.15, 0.2) is 83.0 Å². The molecule has 1 aromatic heterocycles. The highest BCUT2D eigenvalue weighted by molar-refractivity contribution is 5.94. The fourth-order valence-corrected chi connectivity index (χ4v) is 7.05. The van der Waals surface area contributed by atoms with E-state index < -0.39 is 0 Å². The van der Waals surface area contributed by atoms with Crippen LogP contribution in [0.2, 0.25) is 0 Å². The molecule has 4 nitrogen and oxygen atoms in total. The third kappa shape index (κ3) is 3.58. The maximum absolute atomic E-state index is 13.8. The Balaban J connectivity index is 1.38. The van der Waals surface area contributed by atoms with Gasteiger partial charge in [0.25, 0.3) is 5.91 Å².